The van der Waals surface area contributed by atoms with E-state index >= 15 is 0 Å². The number of nitrogens with zero attached hydrogens (tertiary/aromatic N) is 1. The van der Waals surface area contributed by atoms with Crippen molar-refractivity contribution in [3.05, 3.63) is 33.9 Å². The summed E-state index contributed by atoms with van der Waals surface area (Å²) in [7, 11) is 1.39. The van der Waals surface area contributed by atoms with Crippen molar-refractivity contribution in [1.29, 1.82) is 0 Å². The van der Waals surface area contributed by atoms with E-state index in [1.807, 2.05) is 0 Å². The molecule has 6 nitrogen and oxygen atoms in total. The van der Waals surface area contributed by atoms with E-state index < -0.39 is 4.92 Å². The number of non-ortho nitro benzene ring substituents is 1. The van der Waals surface area contributed by atoms with Crippen molar-refractivity contribution in [3.8, 4) is 5.75 Å². The van der Waals surface area contributed by atoms with Gasteiger partial charge in [0.1, 0.15) is 5.75 Å². The molecular weight excluding hydrogens is 340 g/mol. The van der Waals surface area contributed by atoms with E-state index in [1.165, 1.54) is 25.3 Å². The van der Waals surface area contributed by atoms with Gasteiger partial charge in [0.15, 0.2) is 0 Å². The maximum absolute atomic E-state index is 12.3. The van der Waals surface area contributed by atoms with Gasteiger partial charge in [-0.2, -0.15) is 0 Å². The highest BCUT2D eigenvalue weighted by atomic mass is 79.9. The quantitative estimate of drug-likeness (QED) is 0.510. The molecule has 1 amide bonds. The van der Waals surface area contributed by atoms with E-state index in [1.54, 1.807) is 0 Å². The molecule has 0 bridgehead atoms. The van der Waals surface area contributed by atoms with Gasteiger partial charge in [-0.25, -0.2) is 0 Å². The van der Waals surface area contributed by atoms with Crippen LogP contribution in [0.15, 0.2) is 18.2 Å². The Morgan fingerprint density at radius 1 is 1.38 bits per heavy atom. The van der Waals surface area contributed by atoms with Crippen LogP contribution in [0.4, 0.5) is 5.69 Å². The summed E-state index contributed by atoms with van der Waals surface area (Å²) < 4.78 is 5.09. The van der Waals surface area contributed by atoms with E-state index in [2.05, 4.69) is 21.2 Å². The third-order valence-corrected chi connectivity index (χ3v) is 4.55. The molecule has 1 fully saturated rings. The van der Waals surface area contributed by atoms with Crippen LogP contribution in [-0.2, 0) is 0 Å². The molecule has 2 rings (SSSR count). The number of nitro groups is 1. The number of ether oxygens (including phenoxy) is 1. The number of alkyl halides is 1. The standard InChI is InChI=1S/C14H17BrN2O4/c1-21-13-8-11(17(19)20)6-7-12(13)14(18)16-10-4-2-9(15)3-5-10/h6-10H,2-5H2,1H3,(H,16,18). The van der Waals surface area contributed by atoms with Crippen molar-refractivity contribution in [2.45, 2.75) is 36.6 Å². The maximum Gasteiger partial charge on any atom is 0.273 e. The summed E-state index contributed by atoms with van der Waals surface area (Å²) in [6, 6.07) is 4.16. The Hall–Kier alpha value is -1.63. The third-order valence-electron chi connectivity index (χ3n) is 3.63. The summed E-state index contributed by atoms with van der Waals surface area (Å²) in [5, 5.41) is 13.7. The lowest BCUT2D eigenvalue weighted by Crippen LogP contribution is -2.37. The van der Waals surface area contributed by atoms with Crippen molar-refractivity contribution in [3.63, 3.8) is 0 Å². The fourth-order valence-corrected chi connectivity index (χ4v) is 2.97. The van der Waals surface area contributed by atoms with Gasteiger partial charge in [0.2, 0.25) is 0 Å². The van der Waals surface area contributed by atoms with Crippen LogP contribution < -0.4 is 10.1 Å². The van der Waals surface area contributed by atoms with Crippen LogP contribution in [-0.4, -0.2) is 28.8 Å². The Morgan fingerprint density at radius 2 is 2.05 bits per heavy atom. The van der Waals surface area contributed by atoms with Gasteiger partial charge in [0.25, 0.3) is 11.6 Å². The van der Waals surface area contributed by atoms with Gasteiger partial charge in [0.05, 0.1) is 23.7 Å². The molecule has 1 aromatic carbocycles. The normalized spacial score (nSPS) is 21.6. The summed E-state index contributed by atoms with van der Waals surface area (Å²) >= 11 is 3.57. The number of carbonyl (C=O) groups excluding carboxylic acids is 1. The lowest BCUT2D eigenvalue weighted by molar-refractivity contribution is -0.384. The van der Waals surface area contributed by atoms with Crippen molar-refractivity contribution in [2.24, 2.45) is 0 Å². The molecule has 1 saturated carbocycles. The van der Waals surface area contributed by atoms with Gasteiger partial charge in [-0.3, -0.25) is 14.9 Å². The molecule has 1 aliphatic carbocycles. The average molecular weight is 357 g/mol. The molecule has 0 atom stereocenters. The predicted octanol–water partition coefficient (Wildman–Crippen LogP) is 3.04. The van der Waals surface area contributed by atoms with Crippen molar-refractivity contribution < 1.29 is 14.5 Å². The van der Waals surface area contributed by atoms with E-state index in [4.69, 9.17) is 4.74 Å². The van der Waals surface area contributed by atoms with Crippen molar-refractivity contribution in [1.82, 2.24) is 5.32 Å². The Balaban J connectivity index is 2.10. The fraction of sp³-hybridized carbons (Fsp3) is 0.500. The molecule has 7 heteroatoms. The zero-order valence-corrected chi connectivity index (χ0v) is 13.3. The number of benzene rings is 1. The molecule has 0 unspecified atom stereocenters. The Morgan fingerprint density at radius 3 is 2.62 bits per heavy atom. The first-order valence-corrected chi connectivity index (χ1v) is 7.70. The van der Waals surface area contributed by atoms with E-state index in [9.17, 15) is 14.9 Å². The minimum Gasteiger partial charge on any atom is -0.496 e. The summed E-state index contributed by atoms with van der Waals surface area (Å²) in [4.78, 5) is 23.0. The van der Waals surface area contributed by atoms with Gasteiger partial charge >= 0.3 is 0 Å². The first-order valence-electron chi connectivity index (χ1n) is 6.78. The molecule has 1 N–H and O–H groups in total. The van der Waals surface area contributed by atoms with Gasteiger partial charge in [0, 0.05) is 16.9 Å². The summed E-state index contributed by atoms with van der Waals surface area (Å²) in [5.41, 5.74) is 0.229. The van der Waals surface area contributed by atoms with Gasteiger partial charge in [-0.1, -0.05) is 15.9 Å². The van der Waals surface area contributed by atoms with E-state index in [0.717, 1.165) is 25.7 Å². The highest BCUT2D eigenvalue weighted by Crippen LogP contribution is 2.27. The number of amides is 1. The van der Waals surface area contributed by atoms with Crippen LogP contribution in [0.25, 0.3) is 0 Å². The Labute approximate surface area is 131 Å². The number of rotatable bonds is 4. The van der Waals surface area contributed by atoms with Crippen molar-refractivity contribution >= 4 is 27.5 Å². The molecule has 0 spiro atoms. The Bertz CT molecular complexity index is 542. The topological polar surface area (TPSA) is 81.5 Å². The molecule has 21 heavy (non-hydrogen) atoms. The number of hydrogen-bond donors (Lipinski definition) is 1. The summed E-state index contributed by atoms with van der Waals surface area (Å²) in [5.74, 6) is -0.0318. The SMILES string of the molecule is COc1cc([N+](=O)[O-])ccc1C(=O)NC1CCC(Br)CC1. The van der Waals surface area contributed by atoms with Gasteiger partial charge in [-0.05, 0) is 31.7 Å². The second-order valence-corrected chi connectivity index (χ2v) is 6.36. The number of carbonyl (C=O) groups is 1. The maximum atomic E-state index is 12.3. The lowest BCUT2D eigenvalue weighted by atomic mass is 9.95. The molecule has 114 valence electrons. The van der Waals surface area contributed by atoms with Crippen molar-refractivity contribution in [2.75, 3.05) is 7.11 Å². The average Bonchev–Trinajstić information content (AvgIpc) is 2.48. The zero-order chi connectivity index (χ0) is 15.4. The van der Waals surface area contributed by atoms with Crippen LogP contribution >= 0.6 is 15.9 Å². The highest BCUT2D eigenvalue weighted by molar-refractivity contribution is 9.09. The smallest absolute Gasteiger partial charge is 0.273 e. The number of methoxy groups -OCH3 is 1. The largest absolute Gasteiger partial charge is 0.496 e. The lowest BCUT2D eigenvalue weighted by Gasteiger charge is -2.26. The fourth-order valence-electron chi connectivity index (χ4n) is 2.44. The second-order valence-electron chi connectivity index (χ2n) is 5.06. The molecule has 1 aliphatic rings. The third kappa shape index (κ3) is 3.93. The zero-order valence-electron chi connectivity index (χ0n) is 11.7. The summed E-state index contributed by atoms with van der Waals surface area (Å²) in [6.45, 7) is 0. The first kappa shape index (κ1) is 15.8. The van der Waals surface area contributed by atoms with Crippen LogP contribution in [0.2, 0.25) is 0 Å². The summed E-state index contributed by atoms with van der Waals surface area (Å²) in [6.07, 6.45) is 3.92. The molecule has 0 aromatic heterocycles. The molecule has 0 aliphatic heterocycles. The number of nitrogens with one attached hydrogen (secondary N) is 1. The number of hydrogen-bond acceptors (Lipinski definition) is 4. The molecule has 0 radical (unpaired) electrons. The number of nitro benzene ring substituents is 1. The monoisotopic (exact) mass is 356 g/mol. The first-order chi connectivity index (χ1) is 10.0. The molecule has 0 heterocycles. The molecular formula is C14H17BrN2O4. The van der Waals surface area contributed by atoms with E-state index in [0.29, 0.717) is 10.4 Å². The van der Waals surface area contributed by atoms with Gasteiger partial charge < -0.3 is 10.1 Å². The van der Waals surface area contributed by atoms with Gasteiger partial charge in [-0.15, -0.1) is 0 Å². The predicted molar refractivity (Wildman–Crippen MR) is 82.1 cm³/mol. The van der Waals surface area contributed by atoms with Crippen LogP contribution in [0.3, 0.4) is 0 Å². The number of halogens is 1. The second kappa shape index (κ2) is 6.89. The molecule has 1 aromatic rings. The van der Waals surface area contributed by atoms with E-state index in [-0.39, 0.29) is 23.4 Å². The van der Waals surface area contributed by atoms with Crippen LogP contribution in [0.1, 0.15) is 36.0 Å². The van der Waals surface area contributed by atoms with Crippen LogP contribution in [0, 0.1) is 10.1 Å². The minimum atomic E-state index is -0.512. The highest BCUT2D eigenvalue weighted by Gasteiger charge is 2.23. The minimum absolute atomic E-state index is 0.0943. The molecule has 0 saturated heterocycles. The van der Waals surface area contributed by atoms with Crippen LogP contribution in [0.5, 0.6) is 5.75 Å². The Kier molecular flexibility index (Phi) is 5.17.